The monoisotopic (exact) mass is 253 g/mol. The maximum atomic E-state index is 3.62. The minimum atomic E-state index is 0.610. The van der Waals surface area contributed by atoms with Crippen molar-refractivity contribution in [1.29, 1.82) is 0 Å². The van der Waals surface area contributed by atoms with E-state index in [1.165, 1.54) is 54.8 Å². The molecule has 0 saturated carbocycles. The van der Waals surface area contributed by atoms with E-state index in [0.29, 0.717) is 6.04 Å². The first-order chi connectivity index (χ1) is 8.22. The quantitative estimate of drug-likeness (QED) is 0.637. The van der Waals surface area contributed by atoms with E-state index in [1.54, 1.807) is 0 Å². The number of nitrogens with one attached hydrogen (secondary N) is 1. The Kier molecular flexibility index (Phi) is 7.54. The molecule has 0 aliphatic heterocycles. The summed E-state index contributed by atoms with van der Waals surface area (Å²) in [4.78, 5) is 2.93. The molecule has 1 unspecified atom stereocenters. The lowest BCUT2D eigenvalue weighted by molar-refractivity contribution is 0.516. The molecule has 0 aromatic carbocycles. The number of thiophene rings is 1. The molecule has 17 heavy (non-hydrogen) atoms. The van der Waals surface area contributed by atoms with Crippen molar-refractivity contribution in [3.63, 3.8) is 0 Å². The van der Waals surface area contributed by atoms with Gasteiger partial charge in [0.25, 0.3) is 0 Å². The van der Waals surface area contributed by atoms with Gasteiger partial charge in [0.05, 0.1) is 0 Å². The van der Waals surface area contributed by atoms with E-state index in [9.17, 15) is 0 Å². The predicted octanol–water partition coefficient (Wildman–Crippen LogP) is 4.55. The average molecular weight is 253 g/mol. The number of rotatable bonds is 9. The molecule has 2 heteroatoms. The minimum Gasteiger partial charge on any atom is -0.314 e. The minimum absolute atomic E-state index is 0.610. The Bertz CT molecular complexity index is 293. The lowest BCUT2D eigenvalue weighted by Crippen LogP contribution is -2.28. The van der Waals surface area contributed by atoms with E-state index in [4.69, 9.17) is 0 Å². The van der Waals surface area contributed by atoms with Gasteiger partial charge in [0.1, 0.15) is 0 Å². The van der Waals surface area contributed by atoms with E-state index in [2.05, 4.69) is 38.2 Å². The summed E-state index contributed by atoms with van der Waals surface area (Å²) < 4.78 is 0. The molecule has 0 aliphatic carbocycles. The highest BCUT2D eigenvalue weighted by molar-refractivity contribution is 7.11. The first-order valence-electron chi connectivity index (χ1n) is 7.01. The number of unbranched alkanes of at least 4 members (excludes halogenated alkanes) is 4. The molecule has 0 spiro atoms. The van der Waals surface area contributed by atoms with Gasteiger partial charge in [0.15, 0.2) is 0 Å². The molecule has 0 amide bonds. The number of aryl methyl sites for hydroxylation is 1. The second kappa shape index (κ2) is 8.71. The third-order valence-corrected chi connectivity index (χ3v) is 4.10. The van der Waals surface area contributed by atoms with E-state index >= 15 is 0 Å². The van der Waals surface area contributed by atoms with E-state index in [-0.39, 0.29) is 0 Å². The van der Waals surface area contributed by atoms with Gasteiger partial charge in [0, 0.05) is 15.8 Å². The van der Waals surface area contributed by atoms with Crippen LogP contribution in [0.1, 0.15) is 55.7 Å². The predicted molar refractivity (Wildman–Crippen MR) is 79.0 cm³/mol. The number of hydrogen-bond acceptors (Lipinski definition) is 2. The normalized spacial score (nSPS) is 12.9. The molecule has 1 heterocycles. The molecule has 0 fully saturated rings. The standard InChI is InChI=1S/C15H27NS/c1-4-5-6-7-8-11-16-13(2)12-15-10-9-14(3)17-15/h9-10,13,16H,4-8,11-12H2,1-3H3. The van der Waals surface area contributed by atoms with E-state index < -0.39 is 0 Å². The Hall–Kier alpha value is -0.340. The van der Waals surface area contributed by atoms with Gasteiger partial charge in [-0.15, -0.1) is 11.3 Å². The van der Waals surface area contributed by atoms with Crippen LogP contribution in [0.15, 0.2) is 12.1 Å². The molecule has 1 rings (SSSR count). The fourth-order valence-corrected chi connectivity index (χ4v) is 3.06. The van der Waals surface area contributed by atoms with Crippen molar-refractivity contribution in [3.8, 4) is 0 Å². The molecule has 0 aliphatic rings. The molecule has 0 bridgehead atoms. The summed E-state index contributed by atoms with van der Waals surface area (Å²) >= 11 is 1.93. The summed E-state index contributed by atoms with van der Waals surface area (Å²) in [7, 11) is 0. The van der Waals surface area contributed by atoms with Crippen molar-refractivity contribution in [2.45, 2.75) is 65.3 Å². The third kappa shape index (κ3) is 6.85. The Morgan fingerprint density at radius 1 is 1.18 bits per heavy atom. The molecule has 1 aromatic rings. The van der Waals surface area contributed by atoms with Gasteiger partial charge in [-0.05, 0) is 45.4 Å². The van der Waals surface area contributed by atoms with Gasteiger partial charge in [-0.1, -0.05) is 32.6 Å². The Morgan fingerprint density at radius 3 is 2.59 bits per heavy atom. The Balaban J connectivity index is 2.03. The molecule has 1 atom stereocenters. The fraction of sp³-hybridized carbons (Fsp3) is 0.733. The lowest BCUT2D eigenvalue weighted by Gasteiger charge is -2.12. The zero-order valence-corrected chi connectivity index (χ0v) is 12.4. The van der Waals surface area contributed by atoms with Gasteiger partial charge in [-0.3, -0.25) is 0 Å². The van der Waals surface area contributed by atoms with Crippen LogP contribution < -0.4 is 5.32 Å². The molecule has 98 valence electrons. The molecule has 0 saturated heterocycles. The van der Waals surface area contributed by atoms with Gasteiger partial charge in [-0.25, -0.2) is 0 Å². The number of hydrogen-bond donors (Lipinski definition) is 1. The highest BCUT2D eigenvalue weighted by Crippen LogP contribution is 2.16. The zero-order chi connectivity index (χ0) is 12.5. The van der Waals surface area contributed by atoms with Crippen molar-refractivity contribution < 1.29 is 0 Å². The largest absolute Gasteiger partial charge is 0.314 e. The van der Waals surface area contributed by atoms with Gasteiger partial charge < -0.3 is 5.32 Å². The van der Waals surface area contributed by atoms with Gasteiger partial charge in [0.2, 0.25) is 0 Å². The summed E-state index contributed by atoms with van der Waals surface area (Å²) in [5, 5.41) is 3.62. The van der Waals surface area contributed by atoms with Crippen molar-refractivity contribution in [1.82, 2.24) is 5.32 Å². The topological polar surface area (TPSA) is 12.0 Å². The second-order valence-electron chi connectivity index (χ2n) is 4.99. The second-order valence-corrected chi connectivity index (χ2v) is 6.36. The first-order valence-corrected chi connectivity index (χ1v) is 7.82. The van der Waals surface area contributed by atoms with Crippen molar-refractivity contribution >= 4 is 11.3 Å². The Labute approximate surface area is 111 Å². The molecule has 1 N–H and O–H groups in total. The van der Waals surface area contributed by atoms with Crippen LogP contribution in [0.5, 0.6) is 0 Å². The van der Waals surface area contributed by atoms with Crippen LogP contribution in [-0.4, -0.2) is 12.6 Å². The summed E-state index contributed by atoms with van der Waals surface area (Å²) in [5.41, 5.74) is 0. The maximum Gasteiger partial charge on any atom is 0.00870 e. The molecule has 1 nitrogen and oxygen atoms in total. The zero-order valence-electron chi connectivity index (χ0n) is 11.6. The van der Waals surface area contributed by atoms with Gasteiger partial charge in [-0.2, -0.15) is 0 Å². The van der Waals surface area contributed by atoms with E-state index in [1.807, 2.05) is 11.3 Å². The first kappa shape index (κ1) is 14.7. The van der Waals surface area contributed by atoms with Crippen LogP contribution in [0.25, 0.3) is 0 Å². The smallest absolute Gasteiger partial charge is 0.00870 e. The van der Waals surface area contributed by atoms with Crippen LogP contribution >= 0.6 is 11.3 Å². The van der Waals surface area contributed by atoms with Crippen molar-refractivity contribution in [3.05, 3.63) is 21.9 Å². The van der Waals surface area contributed by atoms with Crippen molar-refractivity contribution in [2.24, 2.45) is 0 Å². The van der Waals surface area contributed by atoms with Crippen LogP contribution in [0.4, 0.5) is 0 Å². The highest BCUT2D eigenvalue weighted by atomic mass is 32.1. The summed E-state index contributed by atoms with van der Waals surface area (Å²) in [6.07, 6.45) is 8.01. The third-order valence-electron chi connectivity index (χ3n) is 3.08. The fourth-order valence-electron chi connectivity index (χ4n) is 2.05. The molecule has 1 aromatic heterocycles. The van der Waals surface area contributed by atoms with Gasteiger partial charge >= 0.3 is 0 Å². The van der Waals surface area contributed by atoms with Crippen LogP contribution in [-0.2, 0) is 6.42 Å². The summed E-state index contributed by atoms with van der Waals surface area (Å²) in [6, 6.07) is 5.09. The lowest BCUT2D eigenvalue weighted by atomic mass is 10.1. The van der Waals surface area contributed by atoms with Crippen molar-refractivity contribution in [2.75, 3.05) is 6.54 Å². The maximum absolute atomic E-state index is 3.62. The highest BCUT2D eigenvalue weighted by Gasteiger charge is 2.04. The summed E-state index contributed by atoms with van der Waals surface area (Å²) in [5.74, 6) is 0. The van der Waals surface area contributed by atoms with Crippen LogP contribution in [0, 0.1) is 6.92 Å². The average Bonchev–Trinajstić information content (AvgIpc) is 2.69. The van der Waals surface area contributed by atoms with Crippen LogP contribution in [0.2, 0.25) is 0 Å². The SMILES string of the molecule is CCCCCCCNC(C)Cc1ccc(C)s1. The summed E-state index contributed by atoms with van der Waals surface area (Å²) in [6.45, 7) is 7.92. The Morgan fingerprint density at radius 2 is 1.94 bits per heavy atom. The molecule has 0 radical (unpaired) electrons. The van der Waals surface area contributed by atoms with E-state index in [0.717, 1.165) is 0 Å². The molecular formula is C15H27NS. The van der Waals surface area contributed by atoms with Crippen LogP contribution in [0.3, 0.4) is 0 Å². The molecular weight excluding hydrogens is 226 g/mol.